The van der Waals surface area contributed by atoms with Gasteiger partial charge >= 0.3 is 0 Å². The van der Waals surface area contributed by atoms with E-state index in [2.05, 4.69) is 60.4 Å². The Hall–Kier alpha value is -3.24. The van der Waals surface area contributed by atoms with E-state index in [-0.39, 0.29) is 5.56 Å². The molecule has 1 aliphatic rings. The van der Waals surface area contributed by atoms with E-state index in [4.69, 9.17) is 4.98 Å². The number of fused-ring (bicyclic) bond motifs is 1. The zero-order chi connectivity index (χ0) is 22.8. The van der Waals surface area contributed by atoms with Crippen molar-refractivity contribution in [3.05, 3.63) is 99.6 Å². The van der Waals surface area contributed by atoms with Crippen LogP contribution in [0.4, 0.5) is 0 Å². The minimum atomic E-state index is 0.0404. The van der Waals surface area contributed by atoms with Gasteiger partial charge in [-0.2, -0.15) is 0 Å². The molecular formula is C29H31N3O. The lowest BCUT2D eigenvalue weighted by molar-refractivity contribution is 0.331. The highest BCUT2D eigenvalue weighted by Crippen LogP contribution is 2.23. The van der Waals surface area contributed by atoms with Crippen LogP contribution in [0.25, 0.3) is 22.0 Å². The molecular weight excluding hydrogens is 406 g/mol. The van der Waals surface area contributed by atoms with Crippen LogP contribution in [0.15, 0.2) is 71.5 Å². The lowest BCUT2D eigenvalue weighted by atomic mass is 10.0. The molecule has 0 radical (unpaired) electrons. The highest BCUT2D eigenvalue weighted by atomic mass is 16.1. The Labute approximate surface area is 195 Å². The second-order valence-electron chi connectivity index (χ2n) is 9.26. The molecule has 0 saturated carbocycles. The molecule has 0 amide bonds. The summed E-state index contributed by atoms with van der Waals surface area (Å²) in [6.45, 7) is 8.12. The van der Waals surface area contributed by atoms with Crippen LogP contribution < -0.4 is 5.56 Å². The van der Waals surface area contributed by atoms with Crippen molar-refractivity contribution in [3.8, 4) is 11.1 Å². The van der Waals surface area contributed by atoms with Gasteiger partial charge in [-0.3, -0.25) is 14.3 Å². The first-order chi connectivity index (χ1) is 16.1. The molecule has 0 bridgehead atoms. The second-order valence-corrected chi connectivity index (χ2v) is 9.26. The molecule has 0 N–H and O–H groups in total. The molecule has 0 spiro atoms. The van der Waals surface area contributed by atoms with Gasteiger partial charge in [0.1, 0.15) is 5.82 Å². The van der Waals surface area contributed by atoms with E-state index in [1.807, 2.05) is 29.7 Å². The number of hydrogen-bond donors (Lipinski definition) is 0. The quantitative estimate of drug-likeness (QED) is 0.399. The van der Waals surface area contributed by atoms with Gasteiger partial charge in [0.25, 0.3) is 5.56 Å². The van der Waals surface area contributed by atoms with Crippen LogP contribution in [0.1, 0.15) is 35.4 Å². The summed E-state index contributed by atoms with van der Waals surface area (Å²) in [4.78, 5) is 20.5. The molecule has 5 rings (SSSR count). The monoisotopic (exact) mass is 437 g/mol. The maximum Gasteiger partial charge on any atom is 0.261 e. The molecule has 0 aliphatic carbocycles. The van der Waals surface area contributed by atoms with Gasteiger partial charge in [0.15, 0.2) is 0 Å². The highest BCUT2D eigenvalue weighted by Gasteiger charge is 2.12. The van der Waals surface area contributed by atoms with E-state index in [0.29, 0.717) is 11.9 Å². The minimum Gasteiger partial charge on any atom is -0.299 e. The Kier molecular flexibility index (Phi) is 6.10. The van der Waals surface area contributed by atoms with Gasteiger partial charge in [0, 0.05) is 13.1 Å². The average Bonchev–Trinajstić information content (AvgIpc) is 3.33. The van der Waals surface area contributed by atoms with Gasteiger partial charge in [-0.1, -0.05) is 60.2 Å². The van der Waals surface area contributed by atoms with E-state index < -0.39 is 0 Å². The van der Waals surface area contributed by atoms with E-state index in [0.717, 1.165) is 35.4 Å². The van der Waals surface area contributed by atoms with Gasteiger partial charge < -0.3 is 0 Å². The smallest absolute Gasteiger partial charge is 0.261 e. The van der Waals surface area contributed by atoms with Gasteiger partial charge in [-0.05, 0) is 80.6 Å². The van der Waals surface area contributed by atoms with Crippen LogP contribution in [0.2, 0.25) is 0 Å². The summed E-state index contributed by atoms with van der Waals surface area (Å²) in [5, 5.41) is 0.678. The predicted molar refractivity (Wildman–Crippen MR) is 136 cm³/mol. The topological polar surface area (TPSA) is 38.1 Å². The second kappa shape index (κ2) is 9.32. The molecule has 0 atom stereocenters. The highest BCUT2D eigenvalue weighted by molar-refractivity contribution is 5.83. The van der Waals surface area contributed by atoms with E-state index in [1.54, 1.807) is 0 Å². The minimum absolute atomic E-state index is 0.0404. The van der Waals surface area contributed by atoms with Crippen LogP contribution in [-0.4, -0.2) is 27.5 Å². The van der Waals surface area contributed by atoms with Crippen molar-refractivity contribution >= 4 is 10.9 Å². The fourth-order valence-corrected chi connectivity index (χ4v) is 4.77. The molecule has 168 valence electrons. The van der Waals surface area contributed by atoms with E-state index in [9.17, 15) is 4.79 Å². The molecule has 33 heavy (non-hydrogen) atoms. The summed E-state index contributed by atoms with van der Waals surface area (Å²) >= 11 is 0. The summed E-state index contributed by atoms with van der Waals surface area (Å²) in [6, 6.07) is 23.3. The zero-order valence-corrected chi connectivity index (χ0v) is 19.6. The van der Waals surface area contributed by atoms with Crippen molar-refractivity contribution in [2.24, 2.45) is 0 Å². The fourth-order valence-electron chi connectivity index (χ4n) is 4.77. The maximum atomic E-state index is 13.2. The predicted octanol–water partition coefficient (Wildman–Crippen LogP) is 5.52. The van der Waals surface area contributed by atoms with Crippen LogP contribution in [0, 0.1) is 13.8 Å². The molecule has 1 saturated heterocycles. The number of benzene rings is 3. The summed E-state index contributed by atoms with van der Waals surface area (Å²) in [5.41, 5.74) is 6.88. The molecule has 4 aromatic rings. The third-order valence-corrected chi connectivity index (χ3v) is 6.78. The normalized spacial score (nSPS) is 14.2. The van der Waals surface area contributed by atoms with Crippen LogP contribution >= 0.6 is 0 Å². The SMILES string of the molecule is Cc1ccc(-c2ccc3c(=O)n(CCc4ccc(CN5CCCC5)cc4)c(C)nc3c2)cc1. The van der Waals surface area contributed by atoms with Gasteiger partial charge in [-0.25, -0.2) is 4.98 Å². The fraction of sp³-hybridized carbons (Fsp3) is 0.310. The summed E-state index contributed by atoms with van der Waals surface area (Å²) in [6.07, 6.45) is 3.46. The molecule has 1 aromatic heterocycles. The molecule has 1 fully saturated rings. The Morgan fingerprint density at radius 3 is 2.21 bits per heavy atom. The van der Waals surface area contributed by atoms with Gasteiger partial charge in [0.2, 0.25) is 0 Å². The van der Waals surface area contributed by atoms with Crippen molar-refractivity contribution < 1.29 is 0 Å². The van der Waals surface area contributed by atoms with Crippen molar-refractivity contribution in [1.29, 1.82) is 0 Å². The number of likely N-dealkylation sites (tertiary alicyclic amines) is 1. The standard InChI is InChI=1S/C29H31N3O/c1-21-5-11-25(12-6-21)26-13-14-27-28(19-26)30-22(2)32(29(27)33)18-15-23-7-9-24(10-8-23)20-31-16-3-4-17-31/h5-14,19H,3-4,15-18,20H2,1-2H3. The maximum absolute atomic E-state index is 13.2. The van der Waals surface area contributed by atoms with Crippen LogP contribution in [-0.2, 0) is 19.5 Å². The molecule has 4 nitrogen and oxygen atoms in total. The number of rotatable bonds is 6. The Morgan fingerprint density at radius 2 is 1.48 bits per heavy atom. The third kappa shape index (κ3) is 4.76. The first-order valence-electron chi connectivity index (χ1n) is 12.0. The van der Waals surface area contributed by atoms with Gasteiger partial charge in [0.05, 0.1) is 10.9 Å². The Morgan fingerprint density at radius 1 is 0.818 bits per heavy atom. The molecule has 2 heterocycles. The third-order valence-electron chi connectivity index (χ3n) is 6.78. The van der Waals surface area contributed by atoms with Crippen molar-refractivity contribution in [3.63, 3.8) is 0 Å². The summed E-state index contributed by atoms with van der Waals surface area (Å²) in [5.74, 6) is 0.763. The largest absolute Gasteiger partial charge is 0.299 e. The number of nitrogens with zero attached hydrogens (tertiary/aromatic N) is 3. The average molecular weight is 438 g/mol. The Bertz CT molecular complexity index is 1310. The van der Waals surface area contributed by atoms with Gasteiger partial charge in [-0.15, -0.1) is 0 Å². The summed E-state index contributed by atoms with van der Waals surface area (Å²) in [7, 11) is 0. The van der Waals surface area contributed by atoms with Crippen LogP contribution in [0.3, 0.4) is 0 Å². The Balaban J connectivity index is 1.33. The van der Waals surface area contributed by atoms with Crippen molar-refractivity contribution in [1.82, 2.24) is 14.5 Å². The first kappa shape index (κ1) is 21.6. The number of hydrogen-bond acceptors (Lipinski definition) is 3. The zero-order valence-electron chi connectivity index (χ0n) is 19.6. The summed E-state index contributed by atoms with van der Waals surface area (Å²) < 4.78 is 1.81. The lowest BCUT2D eigenvalue weighted by Crippen LogP contribution is -2.25. The van der Waals surface area contributed by atoms with Crippen molar-refractivity contribution in [2.45, 2.75) is 46.2 Å². The first-order valence-corrected chi connectivity index (χ1v) is 12.0. The van der Waals surface area contributed by atoms with Crippen molar-refractivity contribution in [2.75, 3.05) is 13.1 Å². The number of aryl methyl sites for hydroxylation is 3. The molecule has 1 aliphatic heterocycles. The van der Waals surface area contributed by atoms with E-state index >= 15 is 0 Å². The molecule has 4 heteroatoms. The molecule has 3 aromatic carbocycles. The lowest BCUT2D eigenvalue weighted by Gasteiger charge is -2.15. The molecule has 0 unspecified atom stereocenters. The van der Waals surface area contributed by atoms with Crippen LogP contribution in [0.5, 0.6) is 0 Å². The number of aromatic nitrogens is 2. The van der Waals surface area contributed by atoms with E-state index in [1.165, 1.54) is 42.6 Å².